The Balaban J connectivity index is 2.01. The third kappa shape index (κ3) is 1.87. The summed E-state index contributed by atoms with van der Waals surface area (Å²) >= 11 is 0. The van der Waals surface area contributed by atoms with Gasteiger partial charge in [-0.15, -0.1) is 0 Å². The molecule has 1 aliphatic rings. The van der Waals surface area contributed by atoms with Crippen molar-refractivity contribution in [3.8, 4) is 0 Å². The molecule has 0 spiro atoms. The molecule has 1 atom stereocenters. The molecule has 0 radical (unpaired) electrons. The number of hydrogen-bond donors (Lipinski definition) is 0. The maximum absolute atomic E-state index is 11.7. The molecule has 6 nitrogen and oxygen atoms in total. The summed E-state index contributed by atoms with van der Waals surface area (Å²) in [5.41, 5.74) is 0.887. The third-order valence-corrected chi connectivity index (χ3v) is 3.07. The van der Waals surface area contributed by atoms with Gasteiger partial charge in [-0.05, 0) is 6.07 Å². The van der Waals surface area contributed by atoms with E-state index in [1.165, 1.54) is 17.0 Å². The number of nitro benzene ring substituents is 1. The minimum Gasteiger partial charge on any atom is -0.420 e. The number of ether oxygens (including phenoxy) is 1. The fourth-order valence-corrected chi connectivity index (χ4v) is 2.13. The molecule has 20 heavy (non-hydrogen) atoms. The van der Waals surface area contributed by atoms with Crippen LogP contribution in [0.4, 0.5) is 16.2 Å². The zero-order valence-corrected chi connectivity index (χ0v) is 10.3. The first-order valence-corrected chi connectivity index (χ1v) is 5.96. The number of rotatable bonds is 3. The van der Waals surface area contributed by atoms with Gasteiger partial charge in [0.1, 0.15) is 5.69 Å². The standard InChI is InChI=1S/C14H10N2O4/c17-14-15(11-8-4-5-9-12(11)16(18)19)13(20-14)10-6-2-1-3-7-10/h1-9,13H. The predicted octanol–water partition coefficient (Wildman–Crippen LogP) is 3.25. The van der Waals surface area contributed by atoms with Crippen LogP contribution < -0.4 is 4.90 Å². The fraction of sp³-hybridized carbons (Fsp3) is 0.0714. The van der Waals surface area contributed by atoms with E-state index in [2.05, 4.69) is 0 Å². The van der Waals surface area contributed by atoms with E-state index < -0.39 is 17.2 Å². The number of amides is 1. The van der Waals surface area contributed by atoms with Gasteiger partial charge >= 0.3 is 6.09 Å². The molecule has 1 fully saturated rings. The lowest BCUT2D eigenvalue weighted by atomic mass is 10.1. The van der Waals surface area contributed by atoms with Crippen molar-refractivity contribution in [1.29, 1.82) is 0 Å². The molecule has 2 aromatic rings. The second kappa shape index (κ2) is 4.65. The number of carbonyl (C=O) groups excluding carboxylic acids is 1. The number of benzene rings is 2. The van der Waals surface area contributed by atoms with Gasteiger partial charge in [0.2, 0.25) is 6.23 Å². The summed E-state index contributed by atoms with van der Waals surface area (Å²) < 4.78 is 5.09. The molecule has 1 amide bonds. The molecule has 2 aromatic carbocycles. The highest BCUT2D eigenvalue weighted by Gasteiger charge is 2.43. The summed E-state index contributed by atoms with van der Waals surface area (Å²) in [5, 5.41) is 11.0. The van der Waals surface area contributed by atoms with Gasteiger partial charge in [0.25, 0.3) is 5.69 Å². The van der Waals surface area contributed by atoms with Crippen LogP contribution in [0.25, 0.3) is 0 Å². The van der Waals surface area contributed by atoms with Gasteiger partial charge in [0.15, 0.2) is 0 Å². The van der Waals surface area contributed by atoms with Gasteiger partial charge in [-0.2, -0.15) is 0 Å². The molecule has 6 heteroatoms. The molecule has 1 heterocycles. The molecule has 1 saturated heterocycles. The van der Waals surface area contributed by atoms with Gasteiger partial charge in [0, 0.05) is 11.6 Å². The second-order valence-electron chi connectivity index (χ2n) is 4.26. The number of nitro groups is 1. The molecule has 0 bridgehead atoms. The molecular weight excluding hydrogens is 260 g/mol. The van der Waals surface area contributed by atoms with Crippen molar-refractivity contribution in [3.05, 3.63) is 70.3 Å². The summed E-state index contributed by atoms with van der Waals surface area (Å²) in [5.74, 6) is 0. The highest BCUT2D eigenvalue weighted by Crippen LogP contribution is 2.40. The van der Waals surface area contributed by atoms with Crippen LogP contribution in [0.1, 0.15) is 11.8 Å². The van der Waals surface area contributed by atoms with Crippen molar-refractivity contribution in [2.45, 2.75) is 6.23 Å². The van der Waals surface area contributed by atoms with Crippen LogP contribution in [0.15, 0.2) is 54.6 Å². The summed E-state index contributed by atoms with van der Waals surface area (Å²) in [7, 11) is 0. The van der Waals surface area contributed by atoms with Gasteiger partial charge in [0.05, 0.1) is 4.92 Å². The SMILES string of the molecule is O=C1OC(c2ccccc2)N1c1ccccc1[N+](=O)[O-]. The van der Waals surface area contributed by atoms with Crippen molar-refractivity contribution >= 4 is 17.5 Å². The average molecular weight is 270 g/mol. The van der Waals surface area contributed by atoms with E-state index in [4.69, 9.17) is 4.74 Å². The number of nitrogens with zero attached hydrogens (tertiary/aromatic N) is 2. The van der Waals surface area contributed by atoms with E-state index in [0.717, 1.165) is 5.56 Å². The Morgan fingerprint density at radius 1 is 1.05 bits per heavy atom. The van der Waals surface area contributed by atoms with Gasteiger partial charge in [-0.25, -0.2) is 9.69 Å². The monoisotopic (exact) mass is 270 g/mol. The van der Waals surface area contributed by atoms with Crippen molar-refractivity contribution in [3.63, 3.8) is 0 Å². The fourth-order valence-electron chi connectivity index (χ4n) is 2.13. The van der Waals surface area contributed by atoms with E-state index in [0.29, 0.717) is 0 Å². The van der Waals surface area contributed by atoms with E-state index in [1.54, 1.807) is 24.3 Å². The Bertz CT molecular complexity index is 672. The van der Waals surface area contributed by atoms with Crippen LogP contribution >= 0.6 is 0 Å². The van der Waals surface area contributed by atoms with Crippen molar-refractivity contribution in [1.82, 2.24) is 0 Å². The maximum atomic E-state index is 11.7. The molecule has 1 unspecified atom stereocenters. The van der Waals surface area contributed by atoms with Crippen LogP contribution in [0, 0.1) is 10.1 Å². The summed E-state index contributed by atoms with van der Waals surface area (Å²) in [6.07, 6.45) is -1.21. The van der Waals surface area contributed by atoms with Crippen LogP contribution in [0.5, 0.6) is 0 Å². The number of carbonyl (C=O) groups is 1. The molecule has 3 rings (SSSR count). The number of cyclic esters (lactones) is 1. The zero-order valence-electron chi connectivity index (χ0n) is 10.3. The van der Waals surface area contributed by atoms with E-state index in [9.17, 15) is 14.9 Å². The number of hydrogen-bond acceptors (Lipinski definition) is 4. The van der Waals surface area contributed by atoms with E-state index >= 15 is 0 Å². The first kappa shape index (κ1) is 12.2. The topological polar surface area (TPSA) is 72.7 Å². The lowest BCUT2D eigenvalue weighted by molar-refractivity contribution is -0.384. The zero-order chi connectivity index (χ0) is 14.1. The van der Waals surface area contributed by atoms with Crippen LogP contribution in [0.2, 0.25) is 0 Å². The Morgan fingerprint density at radius 3 is 2.35 bits per heavy atom. The molecule has 0 aromatic heterocycles. The largest absolute Gasteiger partial charge is 0.420 e. The van der Waals surface area contributed by atoms with Gasteiger partial charge < -0.3 is 4.74 Å². The Hall–Kier alpha value is -2.89. The molecule has 0 aliphatic carbocycles. The molecule has 0 saturated carbocycles. The van der Waals surface area contributed by atoms with E-state index in [1.807, 2.05) is 18.2 Å². The third-order valence-electron chi connectivity index (χ3n) is 3.07. The first-order chi connectivity index (χ1) is 9.68. The summed E-state index contributed by atoms with van der Waals surface area (Å²) in [4.78, 5) is 23.5. The van der Waals surface area contributed by atoms with Gasteiger partial charge in [-0.3, -0.25) is 10.1 Å². The van der Waals surface area contributed by atoms with Crippen LogP contribution in [-0.4, -0.2) is 11.0 Å². The second-order valence-corrected chi connectivity index (χ2v) is 4.26. The minimum absolute atomic E-state index is 0.120. The van der Waals surface area contributed by atoms with Gasteiger partial charge in [-0.1, -0.05) is 42.5 Å². The normalized spacial score (nSPS) is 17.3. The smallest absolute Gasteiger partial charge is 0.420 e. The Kier molecular flexibility index (Phi) is 2.83. The maximum Gasteiger partial charge on any atom is 0.420 e. The minimum atomic E-state index is -0.621. The van der Waals surface area contributed by atoms with Crippen LogP contribution in [-0.2, 0) is 4.74 Å². The molecule has 0 N–H and O–H groups in total. The lowest BCUT2D eigenvalue weighted by Crippen LogP contribution is -2.48. The molecular formula is C14H10N2O4. The molecule has 100 valence electrons. The summed E-state index contributed by atoms with van der Waals surface area (Å²) in [6.45, 7) is 0. The summed E-state index contributed by atoms with van der Waals surface area (Å²) in [6, 6.07) is 15.2. The average Bonchev–Trinajstić information content (AvgIpc) is 2.46. The lowest BCUT2D eigenvalue weighted by Gasteiger charge is -2.39. The predicted molar refractivity (Wildman–Crippen MR) is 71.2 cm³/mol. The number of para-hydroxylation sites is 2. The molecule has 1 aliphatic heterocycles. The highest BCUT2D eigenvalue weighted by atomic mass is 16.6. The van der Waals surface area contributed by atoms with Crippen molar-refractivity contribution in [2.75, 3.05) is 4.90 Å². The van der Waals surface area contributed by atoms with Crippen molar-refractivity contribution in [2.24, 2.45) is 0 Å². The Morgan fingerprint density at radius 2 is 1.70 bits per heavy atom. The highest BCUT2D eigenvalue weighted by molar-refractivity contribution is 5.95. The van der Waals surface area contributed by atoms with Crippen molar-refractivity contribution < 1.29 is 14.5 Å². The van der Waals surface area contributed by atoms with Crippen LogP contribution in [0.3, 0.4) is 0 Å². The number of anilines is 1. The first-order valence-electron chi connectivity index (χ1n) is 5.96. The quantitative estimate of drug-likeness (QED) is 0.634. The van der Waals surface area contributed by atoms with E-state index in [-0.39, 0.29) is 11.4 Å². The Labute approximate surface area is 114 Å².